The number of benzene rings is 2. The molecule has 1 heterocycles. The molecule has 4 nitrogen and oxygen atoms in total. The van der Waals surface area contributed by atoms with Gasteiger partial charge in [0, 0.05) is 24.1 Å². The molecular weight excluding hydrogens is 415 g/mol. The number of carbonyl (C=O) groups is 1. The van der Waals surface area contributed by atoms with Crippen LogP contribution in [0, 0.1) is 17.2 Å². The average molecular weight is 443 g/mol. The summed E-state index contributed by atoms with van der Waals surface area (Å²) in [4.78, 5) is 17.0. The molecule has 6 heteroatoms. The zero-order valence-corrected chi connectivity index (χ0v) is 18.5. The number of halogens is 2. The largest absolute Gasteiger partial charge is 0.481 e. The fourth-order valence-corrected chi connectivity index (χ4v) is 5.45. The van der Waals surface area contributed by atoms with Crippen LogP contribution in [0.25, 0.3) is 11.0 Å². The Morgan fingerprint density at radius 2 is 1.90 bits per heavy atom. The van der Waals surface area contributed by atoms with Crippen LogP contribution in [0.2, 0.25) is 5.02 Å². The van der Waals surface area contributed by atoms with Crippen LogP contribution in [-0.2, 0) is 17.8 Å². The van der Waals surface area contributed by atoms with E-state index in [1.807, 2.05) is 31.2 Å². The highest BCUT2D eigenvalue weighted by molar-refractivity contribution is 6.30. The van der Waals surface area contributed by atoms with E-state index in [0.29, 0.717) is 29.9 Å². The molecule has 0 bridgehead atoms. The van der Waals surface area contributed by atoms with E-state index >= 15 is 0 Å². The van der Waals surface area contributed by atoms with Gasteiger partial charge in [0.25, 0.3) is 0 Å². The molecule has 1 saturated carbocycles. The summed E-state index contributed by atoms with van der Waals surface area (Å²) in [6.07, 6.45) is 6.17. The molecule has 1 aliphatic rings. The standard InChI is InChI=1S/C25H28ClFN2O2/c1-2-20(24(30)31)25(12-4-3-5-13-25)15-23-28-21-14-19(27)10-11-22(21)29(23)16-17-6-8-18(26)9-7-17/h6-11,14,20H,2-5,12-13,15-16H2,1H3,(H,30,31). The lowest BCUT2D eigenvalue weighted by atomic mass is 9.63. The van der Waals surface area contributed by atoms with E-state index in [0.717, 1.165) is 49.0 Å². The third-order valence-electron chi connectivity index (χ3n) is 6.85. The molecule has 1 N–H and O–H groups in total. The second-order valence-corrected chi connectivity index (χ2v) is 9.21. The third kappa shape index (κ3) is 4.47. The minimum atomic E-state index is -0.726. The second-order valence-electron chi connectivity index (χ2n) is 8.77. The number of carboxylic acids is 1. The fraction of sp³-hybridized carbons (Fsp3) is 0.440. The topological polar surface area (TPSA) is 55.1 Å². The minimum Gasteiger partial charge on any atom is -0.481 e. The summed E-state index contributed by atoms with van der Waals surface area (Å²) in [6, 6.07) is 12.3. The lowest BCUT2D eigenvalue weighted by Crippen LogP contribution is -2.40. The predicted octanol–water partition coefficient (Wildman–Crippen LogP) is 6.48. The second kappa shape index (κ2) is 8.99. The van der Waals surface area contributed by atoms with E-state index in [1.165, 1.54) is 12.1 Å². The van der Waals surface area contributed by atoms with Crippen LogP contribution in [0.4, 0.5) is 4.39 Å². The average Bonchev–Trinajstić information content (AvgIpc) is 3.06. The van der Waals surface area contributed by atoms with Crippen LogP contribution in [0.5, 0.6) is 0 Å². The number of rotatable bonds is 7. The SMILES string of the molecule is CCC(C(=O)O)C1(Cc2nc3cc(F)ccc3n2Cc2ccc(Cl)cc2)CCCCC1. The molecule has 4 rings (SSSR count). The molecule has 3 aromatic rings. The van der Waals surface area contributed by atoms with Crippen molar-refractivity contribution in [2.24, 2.45) is 11.3 Å². The van der Waals surface area contributed by atoms with Gasteiger partial charge in [0.05, 0.1) is 17.0 Å². The Morgan fingerprint density at radius 3 is 2.55 bits per heavy atom. The molecule has 0 spiro atoms. The Labute approximate surface area is 187 Å². The van der Waals surface area contributed by atoms with Gasteiger partial charge < -0.3 is 9.67 Å². The normalized spacial score (nSPS) is 17.0. The summed E-state index contributed by atoms with van der Waals surface area (Å²) < 4.78 is 16.0. The van der Waals surface area contributed by atoms with Gasteiger partial charge >= 0.3 is 5.97 Å². The van der Waals surface area contributed by atoms with E-state index in [9.17, 15) is 14.3 Å². The smallest absolute Gasteiger partial charge is 0.307 e. The fourth-order valence-electron chi connectivity index (χ4n) is 5.33. The van der Waals surface area contributed by atoms with E-state index in [1.54, 1.807) is 6.07 Å². The number of hydrogen-bond acceptors (Lipinski definition) is 2. The van der Waals surface area contributed by atoms with E-state index in [-0.39, 0.29) is 11.2 Å². The molecule has 1 atom stereocenters. The van der Waals surface area contributed by atoms with Gasteiger partial charge in [0.15, 0.2) is 0 Å². The van der Waals surface area contributed by atoms with Gasteiger partial charge in [-0.2, -0.15) is 0 Å². The summed E-state index contributed by atoms with van der Waals surface area (Å²) in [6.45, 7) is 2.54. The Bertz CT molecular complexity index is 1070. The summed E-state index contributed by atoms with van der Waals surface area (Å²) in [7, 11) is 0. The number of aromatic nitrogens is 2. The predicted molar refractivity (Wildman–Crippen MR) is 121 cm³/mol. The summed E-state index contributed by atoms with van der Waals surface area (Å²) >= 11 is 6.05. The first-order valence-electron chi connectivity index (χ1n) is 11.0. The number of hydrogen-bond donors (Lipinski definition) is 1. The Kier molecular flexibility index (Phi) is 6.33. The molecule has 0 aliphatic heterocycles. The van der Waals surface area contributed by atoms with Crippen molar-refractivity contribution in [1.82, 2.24) is 9.55 Å². The summed E-state index contributed by atoms with van der Waals surface area (Å²) in [5, 5.41) is 10.7. The first kappa shape index (κ1) is 21.8. The third-order valence-corrected chi connectivity index (χ3v) is 7.10. The lowest BCUT2D eigenvalue weighted by molar-refractivity contribution is -0.148. The van der Waals surface area contributed by atoms with Crippen molar-refractivity contribution < 1.29 is 14.3 Å². The maximum Gasteiger partial charge on any atom is 0.307 e. The molecule has 31 heavy (non-hydrogen) atoms. The van der Waals surface area contributed by atoms with Gasteiger partial charge in [-0.1, -0.05) is 49.9 Å². The van der Waals surface area contributed by atoms with E-state index < -0.39 is 11.9 Å². The van der Waals surface area contributed by atoms with Crippen molar-refractivity contribution in [2.45, 2.75) is 58.4 Å². The van der Waals surface area contributed by atoms with Crippen LogP contribution in [0.15, 0.2) is 42.5 Å². The molecule has 164 valence electrons. The molecule has 2 aromatic carbocycles. The van der Waals surface area contributed by atoms with E-state index in [4.69, 9.17) is 16.6 Å². The molecule has 1 unspecified atom stereocenters. The van der Waals surface area contributed by atoms with Crippen molar-refractivity contribution >= 4 is 28.6 Å². The molecule has 0 radical (unpaired) electrons. The van der Waals surface area contributed by atoms with Crippen molar-refractivity contribution in [1.29, 1.82) is 0 Å². The Hall–Kier alpha value is -2.40. The lowest BCUT2D eigenvalue weighted by Gasteiger charge is -2.41. The maximum atomic E-state index is 13.9. The number of nitrogens with zero attached hydrogens (tertiary/aromatic N) is 2. The highest BCUT2D eigenvalue weighted by Gasteiger charge is 2.43. The summed E-state index contributed by atoms with van der Waals surface area (Å²) in [5.41, 5.74) is 2.22. The van der Waals surface area contributed by atoms with Gasteiger partial charge in [-0.25, -0.2) is 9.37 Å². The van der Waals surface area contributed by atoms with Gasteiger partial charge in [-0.15, -0.1) is 0 Å². The van der Waals surface area contributed by atoms with Crippen molar-refractivity contribution in [3.63, 3.8) is 0 Å². The van der Waals surface area contributed by atoms with Gasteiger partial charge in [0.2, 0.25) is 0 Å². The van der Waals surface area contributed by atoms with Gasteiger partial charge in [-0.05, 0) is 54.5 Å². The molecule has 1 fully saturated rings. The van der Waals surface area contributed by atoms with Gasteiger partial charge in [-0.3, -0.25) is 4.79 Å². The number of fused-ring (bicyclic) bond motifs is 1. The highest BCUT2D eigenvalue weighted by Crippen LogP contribution is 2.47. The molecular formula is C25H28ClFN2O2. The quantitative estimate of drug-likeness (QED) is 0.455. The van der Waals surface area contributed by atoms with Crippen LogP contribution in [0.1, 0.15) is 56.8 Å². The van der Waals surface area contributed by atoms with Crippen molar-refractivity contribution in [3.05, 3.63) is 64.7 Å². The Balaban J connectivity index is 1.79. The molecule has 0 saturated heterocycles. The Morgan fingerprint density at radius 1 is 1.19 bits per heavy atom. The van der Waals surface area contributed by atoms with Crippen molar-refractivity contribution in [3.8, 4) is 0 Å². The zero-order valence-electron chi connectivity index (χ0n) is 17.8. The minimum absolute atomic E-state index is 0.320. The molecule has 1 aromatic heterocycles. The van der Waals surface area contributed by atoms with Crippen LogP contribution < -0.4 is 0 Å². The first-order chi connectivity index (χ1) is 14.9. The zero-order chi connectivity index (χ0) is 22.0. The molecule has 0 amide bonds. The van der Waals surface area contributed by atoms with Crippen molar-refractivity contribution in [2.75, 3.05) is 0 Å². The monoisotopic (exact) mass is 442 g/mol. The highest BCUT2D eigenvalue weighted by atomic mass is 35.5. The molecule has 1 aliphatic carbocycles. The summed E-state index contributed by atoms with van der Waals surface area (Å²) in [5.74, 6) is -0.624. The number of imidazole rings is 1. The first-order valence-corrected chi connectivity index (χ1v) is 11.4. The van der Waals surface area contributed by atoms with Crippen LogP contribution in [0.3, 0.4) is 0 Å². The van der Waals surface area contributed by atoms with Crippen LogP contribution in [-0.4, -0.2) is 20.6 Å². The van der Waals surface area contributed by atoms with Gasteiger partial charge in [0.1, 0.15) is 11.6 Å². The maximum absolute atomic E-state index is 13.9. The van der Waals surface area contributed by atoms with Crippen LogP contribution >= 0.6 is 11.6 Å². The number of carboxylic acid groups (broad SMARTS) is 1. The van der Waals surface area contributed by atoms with E-state index in [2.05, 4.69) is 4.57 Å². The number of aliphatic carboxylic acids is 1.